The summed E-state index contributed by atoms with van der Waals surface area (Å²) in [6.45, 7) is 2.49. The molecule has 0 heterocycles. The van der Waals surface area contributed by atoms with Crippen LogP contribution in [-0.4, -0.2) is 30.3 Å². The van der Waals surface area contributed by atoms with Gasteiger partial charge in [0.15, 0.2) is 6.10 Å². The van der Waals surface area contributed by atoms with Gasteiger partial charge in [-0.05, 0) is 49.8 Å². The smallest absolute Gasteiger partial charge is 0.260 e. The summed E-state index contributed by atoms with van der Waals surface area (Å²) in [5, 5.41) is 12.5. The SMILES string of the molecule is CC(Oc1cccc(Cl)c1)C(=O)NCC1(CCO)CC1. The van der Waals surface area contributed by atoms with Crippen molar-refractivity contribution >= 4 is 17.5 Å². The largest absolute Gasteiger partial charge is 0.481 e. The van der Waals surface area contributed by atoms with E-state index in [2.05, 4.69) is 5.32 Å². The molecule has 20 heavy (non-hydrogen) atoms. The van der Waals surface area contributed by atoms with Gasteiger partial charge in [-0.15, -0.1) is 0 Å². The first-order chi connectivity index (χ1) is 9.54. The molecule has 5 heteroatoms. The standard InChI is InChI=1S/C15H20ClNO3/c1-11(20-13-4-2-3-12(16)9-13)14(19)17-10-15(5-6-15)7-8-18/h2-4,9,11,18H,5-8,10H2,1H3,(H,17,19). The molecule has 1 aliphatic carbocycles. The summed E-state index contributed by atoms with van der Waals surface area (Å²) in [5.41, 5.74) is 0.111. The maximum absolute atomic E-state index is 12.0. The summed E-state index contributed by atoms with van der Waals surface area (Å²) in [6.07, 6.45) is 2.31. The molecule has 1 aromatic carbocycles. The summed E-state index contributed by atoms with van der Waals surface area (Å²) < 4.78 is 5.56. The zero-order chi connectivity index (χ0) is 14.6. The second kappa shape index (κ2) is 6.46. The number of amides is 1. The van der Waals surface area contributed by atoms with Crippen molar-refractivity contribution in [3.05, 3.63) is 29.3 Å². The maximum Gasteiger partial charge on any atom is 0.260 e. The first-order valence-electron chi connectivity index (χ1n) is 6.85. The van der Waals surface area contributed by atoms with Gasteiger partial charge < -0.3 is 15.2 Å². The maximum atomic E-state index is 12.0. The first kappa shape index (κ1) is 15.1. The van der Waals surface area contributed by atoms with Crippen LogP contribution in [0.2, 0.25) is 5.02 Å². The number of hydrogen-bond donors (Lipinski definition) is 2. The van der Waals surface area contributed by atoms with E-state index in [1.165, 1.54) is 0 Å². The van der Waals surface area contributed by atoms with Gasteiger partial charge in [0, 0.05) is 18.2 Å². The molecule has 0 radical (unpaired) electrons. The molecule has 0 spiro atoms. The van der Waals surface area contributed by atoms with Crippen LogP contribution >= 0.6 is 11.6 Å². The van der Waals surface area contributed by atoms with Crippen LogP contribution in [0.1, 0.15) is 26.2 Å². The number of benzene rings is 1. The highest BCUT2D eigenvalue weighted by molar-refractivity contribution is 6.30. The van der Waals surface area contributed by atoms with Crippen molar-refractivity contribution < 1.29 is 14.6 Å². The highest BCUT2D eigenvalue weighted by atomic mass is 35.5. The van der Waals surface area contributed by atoms with Crippen LogP contribution < -0.4 is 10.1 Å². The molecule has 1 unspecified atom stereocenters. The minimum Gasteiger partial charge on any atom is -0.481 e. The molecule has 1 atom stereocenters. The van der Waals surface area contributed by atoms with Gasteiger partial charge in [0.1, 0.15) is 5.75 Å². The number of rotatable bonds is 7. The Balaban J connectivity index is 1.80. The average molecular weight is 298 g/mol. The molecule has 2 N–H and O–H groups in total. The van der Waals surface area contributed by atoms with E-state index in [-0.39, 0.29) is 17.9 Å². The van der Waals surface area contributed by atoms with E-state index in [0.29, 0.717) is 17.3 Å². The summed E-state index contributed by atoms with van der Waals surface area (Å²) in [5.74, 6) is 0.436. The number of hydrogen-bond acceptors (Lipinski definition) is 3. The lowest BCUT2D eigenvalue weighted by Crippen LogP contribution is -2.39. The van der Waals surface area contributed by atoms with E-state index in [4.69, 9.17) is 21.4 Å². The number of halogens is 1. The fraction of sp³-hybridized carbons (Fsp3) is 0.533. The summed E-state index contributed by atoms with van der Waals surface area (Å²) >= 11 is 5.87. The normalized spacial score (nSPS) is 17.4. The predicted molar refractivity (Wildman–Crippen MR) is 77.9 cm³/mol. The molecule has 1 fully saturated rings. The van der Waals surface area contributed by atoms with E-state index in [9.17, 15) is 4.79 Å². The second-order valence-electron chi connectivity index (χ2n) is 5.41. The van der Waals surface area contributed by atoms with Gasteiger partial charge in [0.2, 0.25) is 0 Å². The van der Waals surface area contributed by atoms with Crippen LogP contribution in [-0.2, 0) is 4.79 Å². The Morgan fingerprint density at radius 3 is 2.90 bits per heavy atom. The van der Waals surface area contributed by atoms with Crippen molar-refractivity contribution in [2.24, 2.45) is 5.41 Å². The van der Waals surface area contributed by atoms with Gasteiger partial charge in [-0.25, -0.2) is 0 Å². The Morgan fingerprint density at radius 2 is 2.30 bits per heavy atom. The highest BCUT2D eigenvalue weighted by Gasteiger charge is 2.42. The van der Waals surface area contributed by atoms with Crippen LogP contribution in [0.4, 0.5) is 0 Å². The predicted octanol–water partition coefficient (Wildman–Crippen LogP) is 2.39. The van der Waals surface area contributed by atoms with Crippen LogP contribution in [0.5, 0.6) is 5.75 Å². The molecule has 1 amide bonds. The summed E-state index contributed by atoms with van der Waals surface area (Å²) in [6, 6.07) is 6.98. The third-order valence-electron chi connectivity index (χ3n) is 3.72. The fourth-order valence-corrected chi connectivity index (χ4v) is 2.33. The van der Waals surface area contributed by atoms with Crippen LogP contribution in [0, 0.1) is 5.41 Å². The highest BCUT2D eigenvalue weighted by Crippen LogP contribution is 2.47. The van der Waals surface area contributed by atoms with Crippen molar-refractivity contribution in [3.8, 4) is 5.75 Å². The molecule has 0 aliphatic heterocycles. The number of ether oxygens (including phenoxy) is 1. The van der Waals surface area contributed by atoms with Crippen molar-refractivity contribution in [3.63, 3.8) is 0 Å². The second-order valence-corrected chi connectivity index (χ2v) is 5.85. The minimum absolute atomic E-state index is 0.111. The van der Waals surface area contributed by atoms with Crippen molar-refractivity contribution in [2.45, 2.75) is 32.3 Å². The number of carbonyl (C=O) groups excluding carboxylic acids is 1. The third kappa shape index (κ3) is 4.12. The van der Waals surface area contributed by atoms with E-state index in [1.54, 1.807) is 31.2 Å². The fourth-order valence-electron chi connectivity index (χ4n) is 2.15. The Bertz CT molecular complexity index is 474. The zero-order valence-electron chi connectivity index (χ0n) is 11.6. The van der Waals surface area contributed by atoms with Crippen LogP contribution in [0.3, 0.4) is 0 Å². The molecule has 4 nitrogen and oxygen atoms in total. The van der Waals surface area contributed by atoms with Gasteiger partial charge in [0.25, 0.3) is 5.91 Å². The Labute approximate surface area is 124 Å². The van der Waals surface area contributed by atoms with Gasteiger partial charge in [-0.1, -0.05) is 17.7 Å². The van der Waals surface area contributed by atoms with Gasteiger partial charge in [0.05, 0.1) is 0 Å². The Morgan fingerprint density at radius 1 is 1.55 bits per heavy atom. The van der Waals surface area contributed by atoms with Crippen molar-refractivity contribution in [1.82, 2.24) is 5.32 Å². The molecule has 1 saturated carbocycles. The summed E-state index contributed by atoms with van der Waals surface area (Å²) in [4.78, 5) is 12.0. The van der Waals surface area contributed by atoms with Crippen molar-refractivity contribution in [1.29, 1.82) is 0 Å². The van der Waals surface area contributed by atoms with Gasteiger partial charge >= 0.3 is 0 Å². The number of nitrogens with one attached hydrogen (secondary N) is 1. The van der Waals surface area contributed by atoms with E-state index in [0.717, 1.165) is 19.3 Å². The molecule has 0 aromatic heterocycles. The molecular formula is C15H20ClNO3. The third-order valence-corrected chi connectivity index (χ3v) is 3.95. The molecule has 110 valence electrons. The quantitative estimate of drug-likeness (QED) is 0.812. The molecule has 2 rings (SSSR count). The number of aliphatic hydroxyl groups is 1. The Hall–Kier alpha value is -1.26. The van der Waals surface area contributed by atoms with Gasteiger partial charge in [-0.3, -0.25) is 4.79 Å². The lowest BCUT2D eigenvalue weighted by atomic mass is 10.0. The van der Waals surface area contributed by atoms with E-state index < -0.39 is 6.10 Å². The van der Waals surface area contributed by atoms with Crippen molar-refractivity contribution in [2.75, 3.05) is 13.2 Å². The zero-order valence-corrected chi connectivity index (χ0v) is 12.3. The first-order valence-corrected chi connectivity index (χ1v) is 7.23. The minimum atomic E-state index is -0.571. The van der Waals surface area contributed by atoms with E-state index >= 15 is 0 Å². The molecule has 0 bridgehead atoms. The molecule has 1 aliphatic rings. The summed E-state index contributed by atoms with van der Waals surface area (Å²) in [7, 11) is 0. The molecular weight excluding hydrogens is 278 g/mol. The van der Waals surface area contributed by atoms with E-state index in [1.807, 2.05) is 0 Å². The average Bonchev–Trinajstić information content (AvgIpc) is 3.17. The topological polar surface area (TPSA) is 58.6 Å². The van der Waals surface area contributed by atoms with Crippen LogP contribution in [0.25, 0.3) is 0 Å². The number of carbonyl (C=O) groups is 1. The number of aliphatic hydroxyl groups excluding tert-OH is 1. The lowest BCUT2D eigenvalue weighted by Gasteiger charge is -2.18. The Kier molecular flexibility index (Phi) is 4.89. The lowest BCUT2D eigenvalue weighted by molar-refractivity contribution is -0.127. The molecule has 1 aromatic rings. The van der Waals surface area contributed by atoms with Gasteiger partial charge in [-0.2, -0.15) is 0 Å². The molecule has 0 saturated heterocycles. The van der Waals surface area contributed by atoms with Crippen LogP contribution in [0.15, 0.2) is 24.3 Å². The monoisotopic (exact) mass is 297 g/mol.